The summed E-state index contributed by atoms with van der Waals surface area (Å²) in [5, 5.41) is 7.01. The minimum atomic E-state index is 0.160. The summed E-state index contributed by atoms with van der Waals surface area (Å²) in [6.45, 7) is 0. The molecule has 0 fully saturated rings. The number of rotatable bonds is 1. The summed E-state index contributed by atoms with van der Waals surface area (Å²) in [7, 11) is 3.30. The van der Waals surface area contributed by atoms with Gasteiger partial charge in [0.2, 0.25) is 5.90 Å². The van der Waals surface area contributed by atoms with Gasteiger partial charge in [-0.15, -0.1) is 5.98 Å². The minimum Gasteiger partial charge on any atom is -0.481 e. The van der Waals surface area contributed by atoms with Crippen molar-refractivity contribution in [3.05, 3.63) is 10.5 Å². The van der Waals surface area contributed by atoms with Crippen molar-refractivity contribution in [3.63, 3.8) is 0 Å². The summed E-state index contributed by atoms with van der Waals surface area (Å²) < 4.78 is 5.25. The number of ether oxygens (including phenoxy) is 1. The molecule has 0 aromatic heterocycles. The van der Waals surface area contributed by atoms with E-state index in [1.165, 1.54) is 7.11 Å². The Balaban J connectivity index is 3.83. The highest BCUT2D eigenvalue weighted by atomic mass is 79.9. The largest absolute Gasteiger partial charge is 0.481 e. The van der Waals surface area contributed by atoms with Crippen molar-refractivity contribution in [1.29, 1.82) is 5.41 Å². The van der Waals surface area contributed by atoms with Crippen molar-refractivity contribution in [1.82, 2.24) is 0 Å². The summed E-state index contributed by atoms with van der Waals surface area (Å²) in [5.41, 5.74) is 0. The SMILES string of the molecule is B/C=C(/Br)C(=N)OC. The second-order valence-electron chi connectivity index (χ2n) is 1.17. The Morgan fingerprint density at radius 1 is 1.88 bits per heavy atom. The smallest absolute Gasteiger partial charge is 0.218 e. The molecular formula is C4H7BBrNO. The second kappa shape index (κ2) is 3.72. The molecule has 0 atom stereocenters. The monoisotopic (exact) mass is 175 g/mol. The van der Waals surface area contributed by atoms with Crippen LogP contribution in [0.4, 0.5) is 0 Å². The molecule has 0 aliphatic heterocycles. The fraction of sp³-hybridized carbons (Fsp3) is 0.250. The maximum atomic E-state index is 7.01. The first kappa shape index (κ1) is 7.75. The summed E-state index contributed by atoms with van der Waals surface area (Å²) >= 11 is 3.11. The first-order valence-electron chi connectivity index (χ1n) is 2.17. The van der Waals surface area contributed by atoms with Crippen LogP contribution in [0, 0.1) is 5.41 Å². The van der Waals surface area contributed by atoms with Crippen LogP contribution in [0.1, 0.15) is 0 Å². The zero-order chi connectivity index (χ0) is 6.57. The van der Waals surface area contributed by atoms with Crippen LogP contribution in [0.5, 0.6) is 0 Å². The van der Waals surface area contributed by atoms with Crippen molar-refractivity contribution in [2.45, 2.75) is 0 Å². The fourth-order valence-electron chi connectivity index (χ4n) is 0.229. The lowest BCUT2D eigenvalue weighted by Crippen LogP contribution is -1.97. The molecule has 2 nitrogen and oxygen atoms in total. The second-order valence-corrected chi connectivity index (χ2v) is 2.02. The van der Waals surface area contributed by atoms with E-state index in [9.17, 15) is 0 Å². The van der Waals surface area contributed by atoms with Crippen LogP contribution in [0.15, 0.2) is 10.5 Å². The first-order valence-corrected chi connectivity index (χ1v) is 2.96. The summed E-state index contributed by atoms with van der Waals surface area (Å²) in [6, 6.07) is 0. The number of hydrogen-bond donors (Lipinski definition) is 1. The average molecular weight is 176 g/mol. The zero-order valence-corrected chi connectivity index (χ0v) is 6.45. The third-order valence-corrected chi connectivity index (χ3v) is 1.49. The lowest BCUT2D eigenvalue weighted by molar-refractivity contribution is 0.402. The molecule has 0 saturated carbocycles. The molecule has 0 rings (SSSR count). The van der Waals surface area contributed by atoms with E-state index in [-0.39, 0.29) is 5.90 Å². The standard InChI is InChI=1S/C4H7BBrNO/c1-8-4(7)3(6)2-5/h2,7H,5H2,1H3/b3-2+,7-4?. The Hall–Kier alpha value is -0.245. The molecule has 0 heterocycles. The molecule has 0 bridgehead atoms. The van der Waals surface area contributed by atoms with Crippen LogP contribution in [-0.4, -0.2) is 20.9 Å². The number of methoxy groups -OCH3 is 1. The van der Waals surface area contributed by atoms with Crippen LogP contribution >= 0.6 is 15.9 Å². The van der Waals surface area contributed by atoms with Gasteiger partial charge in [0.15, 0.2) is 0 Å². The molecule has 1 N–H and O–H groups in total. The third kappa shape index (κ3) is 2.16. The minimum absolute atomic E-state index is 0.160. The van der Waals surface area contributed by atoms with Gasteiger partial charge in [0.1, 0.15) is 7.85 Å². The van der Waals surface area contributed by atoms with E-state index in [1.807, 2.05) is 7.85 Å². The summed E-state index contributed by atoms with van der Waals surface area (Å²) in [5.74, 6) is 1.92. The maximum absolute atomic E-state index is 7.01. The lowest BCUT2D eigenvalue weighted by Gasteiger charge is -1.96. The molecule has 0 aliphatic rings. The Kier molecular flexibility index (Phi) is 3.61. The molecule has 0 aromatic carbocycles. The molecule has 0 spiro atoms. The summed E-state index contributed by atoms with van der Waals surface area (Å²) in [6.07, 6.45) is 0. The van der Waals surface area contributed by atoms with Crippen LogP contribution in [0.2, 0.25) is 0 Å². The van der Waals surface area contributed by atoms with Gasteiger partial charge in [-0.3, -0.25) is 5.41 Å². The highest BCUT2D eigenvalue weighted by molar-refractivity contribution is 9.12. The van der Waals surface area contributed by atoms with E-state index < -0.39 is 0 Å². The van der Waals surface area contributed by atoms with Gasteiger partial charge < -0.3 is 4.74 Å². The van der Waals surface area contributed by atoms with E-state index in [4.69, 9.17) is 5.41 Å². The third-order valence-electron chi connectivity index (χ3n) is 0.674. The average Bonchev–Trinajstić information content (AvgIpc) is 1.84. The van der Waals surface area contributed by atoms with Gasteiger partial charge in [-0.05, 0) is 15.9 Å². The summed E-state index contributed by atoms with van der Waals surface area (Å²) in [4.78, 5) is 0. The Morgan fingerprint density at radius 3 is 2.50 bits per heavy atom. The predicted octanol–water partition coefficient (Wildman–Crippen LogP) is 0.479. The van der Waals surface area contributed by atoms with E-state index in [0.29, 0.717) is 4.48 Å². The highest BCUT2D eigenvalue weighted by Gasteiger charge is 1.94. The zero-order valence-electron chi connectivity index (χ0n) is 4.86. The van der Waals surface area contributed by atoms with Gasteiger partial charge in [0, 0.05) is 0 Å². The molecule has 44 valence electrons. The molecule has 8 heavy (non-hydrogen) atoms. The normalized spacial score (nSPS) is 11.0. The van der Waals surface area contributed by atoms with Crippen LogP contribution < -0.4 is 0 Å². The Morgan fingerprint density at radius 2 is 2.38 bits per heavy atom. The molecule has 0 aliphatic carbocycles. The Labute approximate surface area is 58.0 Å². The van der Waals surface area contributed by atoms with Gasteiger partial charge in [-0.25, -0.2) is 0 Å². The fourth-order valence-corrected chi connectivity index (χ4v) is 0.390. The topological polar surface area (TPSA) is 33.1 Å². The highest BCUT2D eigenvalue weighted by Crippen LogP contribution is 2.03. The van der Waals surface area contributed by atoms with Crippen molar-refractivity contribution in [3.8, 4) is 0 Å². The van der Waals surface area contributed by atoms with E-state index in [0.717, 1.165) is 0 Å². The van der Waals surface area contributed by atoms with E-state index in [1.54, 1.807) is 5.98 Å². The molecule has 0 saturated heterocycles. The maximum Gasteiger partial charge on any atom is 0.218 e. The van der Waals surface area contributed by atoms with Gasteiger partial charge in [0.05, 0.1) is 11.6 Å². The van der Waals surface area contributed by atoms with Gasteiger partial charge in [0.25, 0.3) is 0 Å². The Bertz CT molecular complexity index is 123. The van der Waals surface area contributed by atoms with Gasteiger partial charge >= 0.3 is 0 Å². The van der Waals surface area contributed by atoms with Crippen LogP contribution in [-0.2, 0) is 4.74 Å². The van der Waals surface area contributed by atoms with Crippen molar-refractivity contribution >= 4 is 29.7 Å². The lowest BCUT2D eigenvalue weighted by atomic mass is 10.1. The molecule has 0 amide bonds. The molecular weight excluding hydrogens is 169 g/mol. The molecule has 0 unspecified atom stereocenters. The first-order chi connectivity index (χ1) is 3.72. The van der Waals surface area contributed by atoms with Gasteiger partial charge in [-0.2, -0.15) is 0 Å². The van der Waals surface area contributed by atoms with E-state index in [2.05, 4.69) is 20.7 Å². The number of halogens is 1. The predicted molar refractivity (Wildman–Crippen MR) is 40.3 cm³/mol. The van der Waals surface area contributed by atoms with Gasteiger partial charge in [-0.1, -0.05) is 0 Å². The molecule has 4 heteroatoms. The quantitative estimate of drug-likeness (QED) is 0.351. The van der Waals surface area contributed by atoms with Crippen molar-refractivity contribution in [2.24, 2.45) is 0 Å². The van der Waals surface area contributed by atoms with E-state index >= 15 is 0 Å². The number of hydrogen-bond acceptors (Lipinski definition) is 2. The van der Waals surface area contributed by atoms with Crippen LogP contribution in [0.3, 0.4) is 0 Å². The number of nitrogens with one attached hydrogen (secondary N) is 1. The molecule has 0 radical (unpaired) electrons. The van der Waals surface area contributed by atoms with Crippen LogP contribution in [0.25, 0.3) is 0 Å². The van der Waals surface area contributed by atoms with Crippen molar-refractivity contribution < 1.29 is 4.74 Å². The molecule has 0 aromatic rings. The van der Waals surface area contributed by atoms with Crippen molar-refractivity contribution in [2.75, 3.05) is 7.11 Å².